The molecule has 0 fully saturated rings. The van der Waals surface area contributed by atoms with Crippen molar-refractivity contribution in [2.75, 3.05) is 27.3 Å². The summed E-state index contributed by atoms with van der Waals surface area (Å²) in [4.78, 5) is 26.8. The number of rotatable bonds is 5. The highest BCUT2D eigenvalue weighted by atomic mass is 32.2. The number of aryl methyl sites for hydroxylation is 2. The van der Waals surface area contributed by atoms with Crippen molar-refractivity contribution >= 4 is 44.6 Å². The Balaban J connectivity index is 1.49. The topological polar surface area (TPSA) is 108 Å². The summed E-state index contributed by atoms with van der Waals surface area (Å²) in [5, 5.41) is 5.58. The molecule has 3 aromatic rings. The number of anilines is 4. The molecule has 3 N–H and O–H groups in total. The molecule has 34 heavy (non-hydrogen) atoms. The second kappa shape index (κ2) is 8.83. The normalized spacial score (nSPS) is 15.4. The van der Waals surface area contributed by atoms with Crippen LogP contribution in [-0.2, 0) is 14.8 Å². The predicted molar refractivity (Wildman–Crippen MR) is 134 cm³/mol. The zero-order valence-electron chi connectivity index (χ0n) is 19.3. The van der Waals surface area contributed by atoms with E-state index in [1.54, 1.807) is 25.1 Å². The van der Waals surface area contributed by atoms with Gasteiger partial charge in [0.05, 0.1) is 22.0 Å². The molecule has 0 radical (unpaired) electrons. The molecule has 4 rings (SSSR count). The van der Waals surface area contributed by atoms with Crippen molar-refractivity contribution in [1.82, 2.24) is 0 Å². The number of nitrogens with one attached hydrogen (secondary N) is 3. The Hall–Kier alpha value is -3.85. The Morgan fingerprint density at radius 2 is 1.65 bits per heavy atom. The molecule has 0 bridgehead atoms. The van der Waals surface area contributed by atoms with E-state index in [0.29, 0.717) is 22.6 Å². The van der Waals surface area contributed by atoms with Crippen LogP contribution in [0.2, 0.25) is 0 Å². The van der Waals surface area contributed by atoms with E-state index in [0.717, 1.165) is 16.8 Å². The summed E-state index contributed by atoms with van der Waals surface area (Å²) in [6.45, 7) is 5.49. The van der Waals surface area contributed by atoms with E-state index in [-0.39, 0.29) is 22.8 Å². The summed E-state index contributed by atoms with van der Waals surface area (Å²) in [5.74, 6) is -0.513. The van der Waals surface area contributed by atoms with Gasteiger partial charge in [0.15, 0.2) is 0 Å². The number of benzene rings is 3. The molecule has 0 spiro atoms. The Labute approximate surface area is 199 Å². The predicted octanol–water partition coefficient (Wildman–Crippen LogP) is 4.13. The van der Waals surface area contributed by atoms with Gasteiger partial charge in [-0.05, 0) is 74.4 Å². The summed E-state index contributed by atoms with van der Waals surface area (Å²) >= 11 is 0. The highest BCUT2D eigenvalue weighted by Gasteiger charge is 2.27. The van der Waals surface area contributed by atoms with Crippen LogP contribution < -0.4 is 20.3 Å². The van der Waals surface area contributed by atoms with Crippen molar-refractivity contribution in [1.29, 1.82) is 0 Å². The van der Waals surface area contributed by atoms with Gasteiger partial charge in [-0.25, -0.2) is 8.42 Å². The van der Waals surface area contributed by atoms with Crippen LogP contribution in [0.3, 0.4) is 0 Å². The van der Waals surface area contributed by atoms with Crippen molar-refractivity contribution in [2.24, 2.45) is 0 Å². The van der Waals surface area contributed by atoms with E-state index in [9.17, 15) is 18.0 Å². The fourth-order valence-corrected chi connectivity index (χ4v) is 5.00. The third-order valence-corrected chi connectivity index (χ3v) is 7.36. The van der Waals surface area contributed by atoms with E-state index in [4.69, 9.17) is 0 Å². The molecule has 1 aliphatic heterocycles. The van der Waals surface area contributed by atoms with Crippen LogP contribution in [0.15, 0.2) is 65.6 Å². The first-order chi connectivity index (χ1) is 16.1. The van der Waals surface area contributed by atoms with E-state index < -0.39 is 10.0 Å². The van der Waals surface area contributed by atoms with Gasteiger partial charge < -0.3 is 15.5 Å². The number of para-hydroxylation sites is 1. The number of sulfonamides is 1. The molecule has 0 aliphatic carbocycles. The maximum Gasteiger partial charge on any atom is 0.261 e. The maximum atomic E-state index is 12.8. The minimum atomic E-state index is -3.79. The van der Waals surface area contributed by atoms with E-state index in [2.05, 4.69) is 15.4 Å². The van der Waals surface area contributed by atoms with Gasteiger partial charge in [0, 0.05) is 18.3 Å². The van der Waals surface area contributed by atoms with Crippen LogP contribution in [0, 0.1) is 13.8 Å². The lowest BCUT2D eigenvalue weighted by atomic mass is 10.1. The monoisotopic (exact) mass is 478 g/mol. The minimum absolute atomic E-state index is 0.0850. The lowest BCUT2D eigenvalue weighted by molar-refractivity contribution is -0.117. The quantitative estimate of drug-likeness (QED) is 0.511. The smallest absolute Gasteiger partial charge is 0.261 e. The van der Waals surface area contributed by atoms with E-state index in [1.165, 1.54) is 24.3 Å². The molecule has 0 saturated heterocycles. The molecular formula is C25H26N4O4S. The third-order valence-electron chi connectivity index (χ3n) is 6.00. The van der Waals surface area contributed by atoms with Crippen LogP contribution >= 0.6 is 0 Å². The molecule has 9 heteroatoms. The van der Waals surface area contributed by atoms with Gasteiger partial charge in [-0.1, -0.05) is 18.2 Å². The van der Waals surface area contributed by atoms with Gasteiger partial charge in [0.2, 0.25) is 5.91 Å². The van der Waals surface area contributed by atoms with Crippen LogP contribution in [0.5, 0.6) is 0 Å². The van der Waals surface area contributed by atoms with Gasteiger partial charge in [-0.2, -0.15) is 0 Å². The van der Waals surface area contributed by atoms with Gasteiger partial charge in [0.25, 0.3) is 15.9 Å². The molecule has 0 aromatic heterocycles. The largest absolute Gasteiger partial charge is 0.361 e. The van der Waals surface area contributed by atoms with Gasteiger partial charge in [0.1, 0.15) is 6.04 Å². The summed E-state index contributed by atoms with van der Waals surface area (Å²) in [7, 11) is -1.96. The van der Waals surface area contributed by atoms with Crippen LogP contribution in [0.1, 0.15) is 28.4 Å². The van der Waals surface area contributed by atoms with Crippen LogP contribution in [-0.4, -0.2) is 33.3 Å². The second-order valence-corrected chi connectivity index (χ2v) is 10.0. The highest BCUT2D eigenvalue weighted by molar-refractivity contribution is 7.92. The van der Waals surface area contributed by atoms with Crippen molar-refractivity contribution in [3.8, 4) is 0 Å². The Kier molecular flexibility index (Phi) is 6.05. The number of nitrogens with zero attached hydrogens (tertiary/aromatic N) is 1. The molecule has 1 heterocycles. The fourth-order valence-electron chi connectivity index (χ4n) is 3.80. The fraction of sp³-hybridized carbons (Fsp3) is 0.200. The first-order valence-corrected chi connectivity index (χ1v) is 12.2. The lowest BCUT2D eigenvalue weighted by Crippen LogP contribution is -2.43. The van der Waals surface area contributed by atoms with Crippen LogP contribution in [0.25, 0.3) is 0 Å². The summed E-state index contributed by atoms with van der Waals surface area (Å²) in [5.41, 5.74) is 4.42. The molecule has 1 aliphatic rings. The molecule has 176 valence electrons. The average molecular weight is 479 g/mol. The molecule has 0 saturated carbocycles. The number of likely N-dealkylation sites (N-methyl/N-ethyl adjacent to an activating group) is 1. The average Bonchev–Trinajstić information content (AvgIpc) is 2.80. The molecule has 3 aromatic carbocycles. The Bertz CT molecular complexity index is 1360. The molecule has 2 amide bonds. The van der Waals surface area contributed by atoms with Crippen molar-refractivity contribution < 1.29 is 18.0 Å². The standard InChI is InChI=1S/C25H26N4O4S/c1-15-6-5-7-16(2)23(15)28-34(32,33)20-11-9-19(10-12-20)26-25(31)18-8-13-22-21(14-18)27-24(30)17(3)29(22)4/h5-14,17,28H,1-4H3,(H,26,31)(H,27,30). The number of amides is 2. The second-order valence-electron chi connectivity index (χ2n) is 8.36. The van der Waals surface area contributed by atoms with E-state index >= 15 is 0 Å². The van der Waals surface area contributed by atoms with Gasteiger partial charge >= 0.3 is 0 Å². The number of hydrogen-bond acceptors (Lipinski definition) is 5. The molecule has 1 atom stereocenters. The highest BCUT2D eigenvalue weighted by Crippen LogP contribution is 2.32. The van der Waals surface area contributed by atoms with Gasteiger partial charge in [-0.3, -0.25) is 14.3 Å². The summed E-state index contributed by atoms with van der Waals surface area (Å²) in [6.07, 6.45) is 0. The lowest BCUT2D eigenvalue weighted by Gasteiger charge is -2.33. The maximum absolute atomic E-state index is 12.8. The van der Waals surface area contributed by atoms with Crippen molar-refractivity contribution in [2.45, 2.75) is 31.7 Å². The van der Waals surface area contributed by atoms with Crippen molar-refractivity contribution in [3.05, 3.63) is 77.4 Å². The minimum Gasteiger partial charge on any atom is -0.361 e. The van der Waals surface area contributed by atoms with Crippen LogP contribution in [0.4, 0.5) is 22.7 Å². The van der Waals surface area contributed by atoms with Gasteiger partial charge in [-0.15, -0.1) is 0 Å². The molecule has 1 unspecified atom stereocenters. The Morgan fingerprint density at radius 1 is 1.00 bits per heavy atom. The van der Waals surface area contributed by atoms with E-state index in [1.807, 2.05) is 44.0 Å². The third kappa shape index (κ3) is 4.47. The first-order valence-electron chi connectivity index (χ1n) is 10.7. The number of carbonyl (C=O) groups excluding carboxylic acids is 2. The number of carbonyl (C=O) groups is 2. The number of fused-ring (bicyclic) bond motifs is 1. The molecule has 8 nitrogen and oxygen atoms in total. The van der Waals surface area contributed by atoms with Crippen molar-refractivity contribution in [3.63, 3.8) is 0 Å². The first kappa shape index (κ1) is 23.3. The zero-order chi connectivity index (χ0) is 24.6. The zero-order valence-corrected chi connectivity index (χ0v) is 20.2. The number of hydrogen-bond donors (Lipinski definition) is 3. The summed E-state index contributed by atoms with van der Waals surface area (Å²) < 4.78 is 28.3. The Morgan fingerprint density at radius 3 is 2.29 bits per heavy atom. The SMILES string of the molecule is Cc1cccc(C)c1NS(=O)(=O)c1ccc(NC(=O)c2ccc3c(c2)NC(=O)C(C)N3C)cc1. The summed E-state index contributed by atoms with van der Waals surface area (Å²) in [6, 6.07) is 16.3. The molecular weight excluding hydrogens is 452 g/mol.